The number of hydrogen-bond acceptors (Lipinski definition) is 3. The second kappa shape index (κ2) is 9.29. The first-order valence-corrected chi connectivity index (χ1v) is 10.7. The van der Waals surface area contributed by atoms with E-state index in [0.717, 1.165) is 36.8 Å². The van der Waals surface area contributed by atoms with Crippen LogP contribution in [0.4, 0.5) is 0 Å². The molecule has 2 aromatic carbocycles. The Labute approximate surface area is 163 Å². The van der Waals surface area contributed by atoms with Gasteiger partial charge in [0, 0.05) is 11.3 Å². The minimum absolute atomic E-state index is 0.0337. The summed E-state index contributed by atoms with van der Waals surface area (Å²) in [7, 11) is 0. The third kappa shape index (κ3) is 5.50. The van der Waals surface area contributed by atoms with Crippen LogP contribution in [-0.2, 0) is 22.3 Å². The van der Waals surface area contributed by atoms with Crippen LogP contribution in [0.1, 0.15) is 60.5 Å². The lowest BCUT2D eigenvalue weighted by Crippen LogP contribution is -2.38. The van der Waals surface area contributed by atoms with E-state index >= 15 is 0 Å². The highest BCUT2D eigenvalue weighted by molar-refractivity contribution is 7.79. The number of hydrogen-bond donors (Lipinski definition) is 1. The van der Waals surface area contributed by atoms with Gasteiger partial charge >= 0.3 is 0 Å². The second-order valence-electron chi connectivity index (χ2n) is 7.35. The molecule has 1 aliphatic carbocycles. The standard InChI is InChI=1S/C22H27NO3S/c1-16(27(25)26)18-9-7-17(8-10-18)15-22(24)23-21-13-11-20(12-14-21)19-5-3-2-4-6-19/h2-10,16,20-21H,11-15H2,1H3,(H,23,24)(H,25,26)/p-1. The van der Waals surface area contributed by atoms with Gasteiger partial charge in [-0.2, -0.15) is 0 Å². The number of amides is 1. The van der Waals surface area contributed by atoms with Gasteiger partial charge in [0.2, 0.25) is 5.91 Å². The van der Waals surface area contributed by atoms with Crippen LogP contribution in [0.25, 0.3) is 0 Å². The number of benzene rings is 2. The van der Waals surface area contributed by atoms with Crippen molar-refractivity contribution in [3.05, 3.63) is 71.3 Å². The molecule has 1 amide bonds. The normalized spacial score (nSPS) is 22.0. The molecule has 0 saturated heterocycles. The molecule has 0 aliphatic heterocycles. The number of carbonyl (C=O) groups excluding carboxylic acids is 1. The Morgan fingerprint density at radius 2 is 1.70 bits per heavy atom. The molecule has 1 aliphatic rings. The molecule has 27 heavy (non-hydrogen) atoms. The first-order chi connectivity index (χ1) is 13.0. The molecule has 0 spiro atoms. The highest BCUT2D eigenvalue weighted by Crippen LogP contribution is 2.32. The monoisotopic (exact) mass is 384 g/mol. The van der Waals surface area contributed by atoms with E-state index in [1.54, 1.807) is 19.1 Å². The van der Waals surface area contributed by atoms with E-state index in [1.165, 1.54) is 5.56 Å². The zero-order chi connectivity index (χ0) is 19.2. The minimum Gasteiger partial charge on any atom is -0.772 e. The summed E-state index contributed by atoms with van der Waals surface area (Å²) in [6.45, 7) is 1.65. The van der Waals surface area contributed by atoms with Gasteiger partial charge in [-0.1, -0.05) is 54.6 Å². The van der Waals surface area contributed by atoms with E-state index < -0.39 is 16.3 Å². The molecule has 2 unspecified atom stereocenters. The van der Waals surface area contributed by atoms with Gasteiger partial charge in [0.25, 0.3) is 0 Å². The van der Waals surface area contributed by atoms with Crippen molar-refractivity contribution in [2.75, 3.05) is 0 Å². The van der Waals surface area contributed by atoms with Crippen molar-refractivity contribution in [1.82, 2.24) is 5.32 Å². The molecule has 0 bridgehead atoms. The molecule has 0 aromatic heterocycles. The minimum atomic E-state index is -2.13. The van der Waals surface area contributed by atoms with Gasteiger partial charge in [-0.15, -0.1) is 0 Å². The van der Waals surface area contributed by atoms with Gasteiger partial charge in [-0.25, -0.2) is 0 Å². The summed E-state index contributed by atoms with van der Waals surface area (Å²) in [5, 5.41) is 2.62. The zero-order valence-electron chi connectivity index (χ0n) is 15.6. The third-order valence-corrected chi connectivity index (χ3v) is 6.32. The Hall–Kier alpha value is -1.98. The van der Waals surface area contributed by atoms with E-state index in [2.05, 4.69) is 29.6 Å². The van der Waals surface area contributed by atoms with E-state index in [4.69, 9.17) is 0 Å². The van der Waals surface area contributed by atoms with E-state index in [1.807, 2.05) is 18.2 Å². The van der Waals surface area contributed by atoms with Crippen molar-refractivity contribution < 1.29 is 13.6 Å². The topological polar surface area (TPSA) is 69.2 Å². The van der Waals surface area contributed by atoms with Crippen LogP contribution < -0.4 is 5.32 Å². The van der Waals surface area contributed by atoms with E-state index in [9.17, 15) is 13.6 Å². The summed E-state index contributed by atoms with van der Waals surface area (Å²) in [5.41, 5.74) is 3.04. The van der Waals surface area contributed by atoms with Crippen molar-refractivity contribution in [3.63, 3.8) is 0 Å². The summed E-state index contributed by atoms with van der Waals surface area (Å²) in [6.07, 6.45) is 4.56. The second-order valence-corrected chi connectivity index (χ2v) is 8.58. The molecule has 3 rings (SSSR count). The third-order valence-electron chi connectivity index (χ3n) is 5.47. The van der Waals surface area contributed by atoms with Gasteiger partial charge in [-0.05, 0) is 66.3 Å². The molecule has 0 radical (unpaired) electrons. The average Bonchev–Trinajstić information content (AvgIpc) is 2.69. The highest BCUT2D eigenvalue weighted by Gasteiger charge is 2.23. The van der Waals surface area contributed by atoms with Gasteiger partial charge in [0.15, 0.2) is 0 Å². The summed E-state index contributed by atoms with van der Waals surface area (Å²) < 4.78 is 22.1. The lowest BCUT2D eigenvalue weighted by atomic mass is 9.82. The molecule has 1 saturated carbocycles. The molecule has 144 valence electrons. The van der Waals surface area contributed by atoms with Crippen LogP contribution in [0.15, 0.2) is 54.6 Å². The maximum atomic E-state index is 12.3. The molecule has 2 aromatic rings. The SMILES string of the molecule is CC(c1ccc(CC(=O)NC2CCC(c3ccccc3)CC2)cc1)S(=O)[O-]. The van der Waals surface area contributed by atoms with Crippen LogP contribution >= 0.6 is 0 Å². The summed E-state index contributed by atoms with van der Waals surface area (Å²) in [4.78, 5) is 12.3. The molecule has 4 nitrogen and oxygen atoms in total. The quantitative estimate of drug-likeness (QED) is 0.765. The summed E-state index contributed by atoms with van der Waals surface area (Å²) >= 11 is -2.13. The average molecular weight is 385 g/mol. The van der Waals surface area contributed by atoms with Crippen molar-refractivity contribution in [3.8, 4) is 0 Å². The van der Waals surface area contributed by atoms with Gasteiger partial charge in [0.1, 0.15) is 0 Å². The number of carbonyl (C=O) groups is 1. The predicted octanol–water partition coefficient (Wildman–Crippen LogP) is 4.01. The number of nitrogens with one attached hydrogen (secondary N) is 1. The van der Waals surface area contributed by atoms with E-state index in [0.29, 0.717) is 12.3 Å². The van der Waals surface area contributed by atoms with Gasteiger partial charge in [0.05, 0.1) is 6.42 Å². The Kier molecular flexibility index (Phi) is 6.80. The van der Waals surface area contributed by atoms with Gasteiger partial charge < -0.3 is 9.87 Å². The van der Waals surface area contributed by atoms with Gasteiger partial charge in [-0.3, -0.25) is 9.00 Å². The Morgan fingerprint density at radius 1 is 1.07 bits per heavy atom. The predicted molar refractivity (Wildman–Crippen MR) is 107 cm³/mol. The fourth-order valence-corrected chi connectivity index (χ4v) is 4.16. The van der Waals surface area contributed by atoms with Crippen molar-refractivity contribution >= 4 is 17.0 Å². The lowest BCUT2D eigenvalue weighted by molar-refractivity contribution is -0.121. The number of rotatable bonds is 6. The summed E-state index contributed by atoms with van der Waals surface area (Å²) in [6, 6.07) is 18.1. The molecule has 2 atom stereocenters. The Balaban J connectivity index is 1.47. The van der Waals surface area contributed by atoms with Crippen LogP contribution in [0, 0.1) is 0 Å². The molecular weight excluding hydrogens is 358 g/mol. The smallest absolute Gasteiger partial charge is 0.224 e. The fraction of sp³-hybridized carbons (Fsp3) is 0.409. The van der Waals surface area contributed by atoms with Crippen molar-refractivity contribution in [2.45, 2.75) is 56.2 Å². The molecular formula is C22H26NO3S-. The maximum Gasteiger partial charge on any atom is 0.224 e. The molecule has 0 heterocycles. The summed E-state index contributed by atoms with van der Waals surface area (Å²) in [5.74, 6) is 0.631. The first kappa shape index (κ1) is 19.8. The zero-order valence-corrected chi connectivity index (χ0v) is 16.4. The largest absolute Gasteiger partial charge is 0.772 e. The van der Waals surface area contributed by atoms with Crippen LogP contribution in [0.2, 0.25) is 0 Å². The molecule has 1 N–H and O–H groups in total. The molecule has 1 fully saturated rings. The van der Waals surface area contributed by atoms with Crippen molar-refractivity contribution in [1.29, 1.82) is 0 Å². The van der Waals surface area contributed by atoms with Crippen molar-refractivity contribution in [2.24, 2.45) is 0 Å². The van der Waals surface area contributed by atoms with Crippen LogP contribution in [0.3, 0.4) is 0 Å². The highest BCUT2D eigenvalue weighted by atomic mass is 32.2. The van der Waals surface area contributed by atoms with E-state index in [-0.39, 0.29) is 11.9 Å². The Morgan fingerprint density at radius 3 is 2.30 bits per heavy atom. The fourth-order valence-electron chi connectivity index (χ4n) is 3.78. The van der Waals surface area contributed by atoms with Crippen LogP contribution in [0.5, 0.6) is 0 Å². The Bertz CT molecular complexity index is 768. The maximum absolute atomic E-state index is 12.3. The lowest BCUT2D eigenvalue weighted by Gasteiger charge is -2.29. The van der Waals surface area contributed by atoms with Crippen LogP contribution in [-0.4, -0.2) is 20.7 Å². The molecule has 5 heteroatoms. The first-order valence-electron chi connectivity index (χ1n) is 9.54.